The van der Waals surface area contributed by atoms with E-state index < -0.39 is 0 Å². The Labute approximate surface area is 166 Å². The van der Waals surface area contributed by atoms with Crippen LogP contribution in [0.25, 0.3) is 10.9 Å². The Morgan fingerprint density at radius 2 is 1.96 bits per heavy atom. The van der Waals surface area contributed by atoms with E-state index in [1.807, 2.05) is 47.1 Å². The highest BCUT2D eigenvalue weighted by Gasteiger charge is 2.16. The minimum absolute atomic E-state index is 0.521. The maximum atomic E-state index is 6.06. The number of nitrogens with one attached hydrogen (secondary N) is 1. The molecule has 0 unspecified atom stereocenters. The highest BCUT2D eigenvalue weighted by molar-refractivity contribution is 7.19. The zero-order valence-corrected chi connectivity index (χ0v) is 16.3. The van der Waals surface area contributed by atoms with Crippen molar-refractivity contribution in [3.8, 4) is 5.75 Å². The minimum atomic E-state index is 0.521. The van der Waals surface area contributed by atoms with Crippen LogP contribution in [0.3, 0.4) is 0 Å². The zero-order chi connectivity index (χ0) is 18.8. The summed E-state index contributed by atoms with van der Waals surface area (Å²) in [5.41, 5.74) is 9.03. The number of nitrogens with zero attached hydrogens (tertiary/aromatic N) is 2. The molecule has 0 saturated heterocycles. The number of halogens is 1. The number of methoxy groups -OCH3 is 1. The lowest BCUT2D eigenvalue weighted by Crippen LogP contribution is -2.04. The molecule has 138 valence electrons. The van der Waals surface area contributed by atoms with E-state index in [4.69, 9.17) is 27.2 Å². The summed E-state index contributed by atoms with van der Waals surface area (Å²) in [5, 5.41) is 10.1. The fourth-order valence-electron chi connectivity index (χ4n) is 3.10. The van der Waals surface area contributed by atoms with Crippen LogP contribution in [0.15, 0.2) is 54.6 Å². The molecule has 3 N–H and O–H groups in total. The average molecular weight is 399 g/mol. The first kappa shape index (κ1) is 17.9. The third-order valence-electron chi connectivity index (χ3n) is 4.33. The summed E-state index contributed by atoms with van der Waals surface area (Å²) in [6.45, 7) is 1.16. The van der Waals surface area contributed by atoms with Crippen LogP contribution in [0.5, 0.6) is 5.75 Å². The molecule has 0 amide bonds. The van der Waals surface area contributed by atoms with Crippen LogP contribution < -0.4 is 15.8 Å². The molecule has 0 fully saturated rings. The van der Waals surface area contributed by atoms with Crippen LogP contribution >= 0.6 is 22.9 Å². The fourth-order valence-corrected chi connectivity index (χ4v) is 4.04. The van der Waals surface area contributed by atoms with Crippen molar-refractivity contribution in [3.05, 3.63) is 70.1 Å². The van der Waals surface area contributed by atoms with Gasteiger partial charge in [0.1, 0.15) is 5.75 Å². The van der Waals surface area contributed by atoms with Gasteiger partial charge in [-0.3, -0.25) is 4.68 Å². The van der Waals surface area contributed by atoms with Gasteiger partial charge in [0.15, 0.2) is 5.82 Å². The molecule has 0 aliphatic rings. The number of fused-ring (bicyclic) bond motifs is 1. The summed E-state index contributed by atoms with van der Waals surface area (Å²) in [7, 11) is 1.67. The topological polar surface area (TPSA) is 65.1 Å². The third kappa shape index (κ3) is 3.64. The Kier molecular flexibility index (Phi) is 5.03. The SMILES string of the molecule is COc1cccc2c1c(Nc1ccc(Cl)s1)nn2Cc1cccc(CN)c1. The Morgan fingerprint density at radius 3 is 2.70 bits per heavy atom. The van der Waals surface area contributed by atoms with Crippen molar-refractivity contribution < 1.29 is 4.74 Å². The number of benzene rings is 2. The van der Waals surface area contributed by atoms with E-state index in [1.165, 1.54) is 11.3 Å². The first-order valence-electron chi connectivity index (χ1n) is 8.51. The van der Waals surface area contributed by atoms with Crippen LogP contribution in [0.2, 0.25) is 4.34 Å². The quantitative estimate of drug-likeness (QED) is 0.479. The molecule has 27 heavy (non-hydrogen) atoms. The van der Waals surface area contributed by atoms with E-state index in [1.54, 1.807) is 7.11 Å². The molecule has 0 aliphatic carbocycles. The third-order valence-corrected chi connectivity index (χ3v) is 5.48. The number of hydrogen-bond donors (Lipinski definition) is 2. The van der Waals surface area contributed by atoms with E-state index in [0.717, 1.165) is 42.9 Å². The normalized spacial score (nSPS) is 11.1. The zero-order valence-electron chi connectivity index (χ0n) is 14.8. The van der Waals surface area contributed by atoms with Crippen molar-refractivity contribution in [1.82, 2.24) is 9.78 Å². The molecule has 2 aromatic carbocycles. The van der Waals surface area contributed by atoms with Crippen molar-refractivity contribution in [2.24, 2.45) is 5.73 Å². The molecule has 0 bridgehead atoms. The van der Waals surface area contributed by atoms with Crippen LogP contribution in [0.4, 0.5) is 10.8 Å². The lowest BCUT2D eigenvalue weighted by molar-refractivity contribution is 0.420. The van der Waals surface area contributed by atoms with Gasteiger partial charge in [0.2, 0.25) is 0 Å². The minimum Gasteiger partial charge on any atom is -0.496 e. The lowest BCUT2D eigenvalue weighted by Gasteiger charge is -2.06. The number of ether oxygens (including phenoxy) is 1. The van der Waals surface area contributed by atoms with Gasteiger partial charge in [-0.1, -0.05) is 41.9 Å². The fraction of sp³-hybridized carbons (Fsp3) is 0.150. The molecule has 0 radical (unpaired) electrons. The van der Waals surface area contributed by atoms with Crippen molar-refractivity contribution in [1.29, 1.82) is 0 Å². The standard InChI is InChI=1S/C20H19ClN4OS/c1-26-16-7-3-6-15-19(16)20(23-18-9-8-17(21)27-18)24-25(15)12-14-5-2-4-13(10-14)11-22/h2-10H,11-12,22H2,1H3,(H,23,24). The molecule has 0 atom stereocenters. The molecule has 4 aromatic rings. The first-order chi connectivity index (χ1) is 13.2. The molecule has 4 rings (SSSR count). The molecule has 5 nitrogen and oxygen atoms in total. The summed E-state index contributed by atoms with van der Waals surface area (Å²) < 4.78 is 8.28. The second kappa shape index (κ2) is 7.60. The second-order valence-corrected chi connectivity index (χ2v) is 7.83. The summed E-state index contributed by atoms with van der Waals surface area (Å²) >= 11 is 7.54. The smallest absolute Gasteiger partial charge is 0.164 e. The monoisotopic (exact) mass is 398 g/mol. The van der Waals surface area contributed by atoms with Gasteiger partial charge in [0, 0.05) is 6.54 Å². The maximum absolute atomic E-state index is 6.06. The largest absolute Gasteiger partial charge is 0.496 e. The maximum Gasteiger partial charge on any atom is 0.164 e. The Bertz CT molecular complexity index is 1090. The molecule has 0 spiro atoms. The molecule has 0 saturated carbocycles. The van der Waals surface area contributed by atoms with Gasteiger partial charge >= 0.3 is 0 Å². The van der Waals surface area contributed by atoms with Gasteiger partial charge in [-0.05, 0) is 35.4 Å². The number of aromatic nitrogens is 2. The van der Waals surface area contributed by atoms with Gasteiger partial charge in [-0.25, -0.2) is 0 Å². The van der Waals surface area contributed by atoms with Gasteiger partial charge in [-0.2, -0.15) is 5.10 Å². The Morgan fingerprint density at radius 1 is 1.15 bits per heavy atom. The summed E-state index contributed by atoms with van der Waals surface area (Å²) in [6.07, 6.45) is 0. The molecule has 0 aliphatic heterocycles. The summed E-state index contributed by atoms with van der Waals surface area (Å²) in [6, 6.07) is 18.0. The molecule has 7 heteroatoms. The van der Waals surface area contributed by atoms with E-state index >= 15 is 0 Å². The van der Waals surface area contributed by atoms with Gasteiger partial charge < -0.3 is 15.8 Å². The van der Waals surface area contributed by atoms with E-state index in [2.05, 4.69) is 17.4 Å². The first-order valence-corrected chi connectivity index (χ1v) is 9.71. The summed E-state index contributed by atoms with van der Waals surface area (Å²) in [4.78, 5) is 0. The van der Waals surface area contributed by atoms with Gasteiger partial charge in [-0.15, -0.1) is 11.3 Å². The van der Waals surface area contributed by atoms with Crippen molar-refractivity contribution in [2.75, 3.05) is 12.4 Å². The molecule has 2 aromatic heterocycles. The Hall–Kier alpha value is -2.54. The number of rotatable bonds is 6. The van der Waals surface area contributed by atoms with Crippen LogP contribution in [-0.4, -0.2) is 16.9 Å². The van der Waals surface area contributed by atoms with Crippen molar-refractivity contribution >= 4 is 44.7 Å². The second-order valence-electron chi connectivity index (χ2n) is 6.11. The van der Waals surface area contributed by atoms with Gasteiger partial charge in [0.05, 0.1) is 33.9 Å². The van der Waals surface area contributed by atoms with E-state index in [0.29, 0.717) is 13.1 Å². The highest BCUT2D eigenvalue weighted by Crippen LogP contribution is 2.36. The van der Waals surface area contributed by atoms with E-state index in [9.17, 15) is 0 Å². The van der Waals surface area contributed by atoms with Crippen molar-refractivity contribution in [2.45, 2.75) is 13.1 Å². The van der Waals surface area contributed by atoms with Crippen LogP contribution in [-0.2, 0) is 13.1 Å². The van der Waals surface area contributed by atoms with Gasteiger partial charge in [0.25, 0.3) is 0 Å². The lowest BCUT2D eigenvalue weighted by atomic mass is 10.1. The predicted molar refractivity (Wildman–Crippen MR) is 112 cm³/mol. The number of hydrogen-bond acceptors (Lipinski definition) is 5. The highest BCUT2D eigenvalue weighted by atomic mass is 35.5. The number of thiophene rings is 1. The molecular weight excluding hydrogens is 380 g/mol. The van der Waals surface area contributed by atoms with Crippen LogP contribution in [0.1, 0.15) is 11.1 Å². The average Bonchev–Trinajstić information content (AvgIpc) is 3.25. The number of anilines is 2. The van der Waals surface area contributed by atoms with Crippen LogP contribution in [0, 0.1) is 0 Å². The summed E-state index contributed by atoms with van der Waals surface area (Å²) in [5.74, 6) is 1.52. The predicted octanol–water partition coefficient (Wildman–Crippen LogP) is 5.01. The number of nitrogens with two attached hydrogens (primary N) is 1. The molecule has 2 heterocycles. The molecular formula is C20H19ClN4OS. The Balaban J connectivity index is 1.78. The van der Waals surface area contributed by atoms with Crippen molar-refractivity contribution in [3.63, 3.8) is 0 Å². The van der Waals surface area contributed by atoms with E-state index in [-0.39, 0.29) is 0 Å².